The summed E-state index contributed by atoms with van der Waals surface area (Å²) in [6.45, 7) is 4.53. The predicted molar refractivity (Wildman–Crippen MR) is 70.0 cm³/mol. The van der Waals surface area contributed by atoms with Crippen LogP contribution < -0.4 is 0 Å². The Kier molecular flexibility index (Phi) is 5.77. The lowest BCUT2D eigenvalue weighted by Crippen LogP contribution is -2.25. The summed E-state index contributed by atoms with van der Waals surface area (Å²) in [6.07, 6.45) is 10.0. The maximum absolute atomic E-state index is 6.39. The van der Waals surface area contributed by atoms with Crippen molar-refractivity contribution >= 4 is 23.2 Å². The highest BCUT2D eigenvalue weighted by Gasteiger charge is 2.29. The highest BCUT2D eigenvalue weighted by atomic mass is 35.5. The van der Waals surface area contributed by atoms with Crippen LogP contribution in [0.4, 0.5) is 0 Å². The molecule has 0 amide bonds. The third kappa shape index (κ3) is 4.95. The predicted octanol–water partition coefficient (Wildman–Crippen LogP) is 5.36. The molecule has 2 unspecified atom stereocenters. The molecule has 0 N–H and O–H groups in total. The van der Waals surface area contributed by atoms with E-state index < -0.39 is 0 Å². The van der Waals surface area contributed by atoms with Crippen molar-refractivity contribution in [3.05, 3.63) is 0 Å². The van der Waals surface area contributed by atoms with Gasteiger partial charge in [-0.3, -0.25) is 0 Å². The molecule has 1 saturated carbocycles. The maximum Gasteiger partial charge on any atom is 0.0355 e. The zero-order chi connectivity index (χ0) is 11.3. The Morgan fingerprint density at radius 2 is 1.67 bits per heavy atom. The Bertz CT molecular complexity index is 173. The van der Waals surface area contributed by atoms with Crippen molar-refractivity contribution in [2.24, 2.45) is 5.41 Å². The maximum atomic E-state index is 6.39. The van der Waals surface area contributed by atoms with E-state index >= 15 is 0 Å². The van der Waals surface area contributed by atoms with E-state index in [0.29, 0.717) is 5.41 Å². The Balaban J connectivity index is 2.31. The molecule has 0 aliphatic heterocycles. The van der Waals surface area contributed by atoms with Gasteiger partial charge in [-0.2, -0.15) is 0 Å². The van der Waals surface area contributed by atoms with Gasteiger partial charge in [0, 0.05) is 10.8 Å². The van der Waals surface area contributed by atoms with Crippen LogP contribution in [-0.2, 0) is 0 Å². The zero-order valence-corrected chi connectivity index (χ0v) is 11.6. The van der Waals surface area contributed by atoms with E-state index in [0.717, 1.165) is 19.3 Å². The molecule has 0 aromatic carbocycles. The molecular formula is C13H24Cl2. The molecule has 0 saturated heterocycles. The number of halogens is 2. The van der Waals surface area contributed by atoms with Crippen molar-refractivity contribution in [2.45, 2.75) is 76.0 Å². The average Bonchev–Trinajstić information content (AvgIpc) is 2.17. The second-order valence-corrected chi connectivity index (χ2v) is 6.65. The van der Waals surface area contributed by atoms with E-state index in [1.54, 1.807) is 0 Å². The Morgan fingerprint density at radius 3 is 2.20 bits per heavy atom. The molecule has 15 heavy (non-hydrogen) atoms. The summed E-state index contributed by atoms with van der Waals surface area (Å²) < 4.78 is 0. The highest BCUT2D eigenvalue weighted by molar-refractivity contribution is 6.23. The van der Waals surface area contributed by atoms with Gasteiger partial charge in [0.25, 0.3) is 0 Å². The summed E-state index contributed by atoms with van der Waals surface area (Å²) in [4.78, 5) is 0. The molecular weight excluding hydrogens is 227 g/mol. The van der Waals surface area contributed by atoms with Gasteiger partial charge in [-0.05, 0) is 37.5 Å². The van der Waals surface area contributed by atoms with Crippen LogP contribution in [0.15, 0.2) is 0 Å². The summed E-state index contributed by atoms with van der Waals surface area (Å²) in [6, 6.07) is 0. The van der Waals surface area contributed by atoms with Gasteiger partial charge in [-0.1, -0.05) is 33.1 Å². The summed E-state index contributed by atoms with van der Waals surface area (Å²) in [5, 5.41) is 0.537. The van der Waals surface area contributed by atoms with Gasteiger partial charge in [0.2, 0.25) is 0 Å². The molecule has 1 aliphatic carbocycles. The number of rotatable bonds is 5. The molecule has 1 rings (SSSR count). The number of hydrogen-bond donors (Lipinski definition) is 0. The standard InChI is InChI=1S/C13H24Cl2/c1-3-11(14)9-12(15)10-13(2)7-5-4-6-8-13/h11-12H,3-10H2,1-2H3. The lowest BCUT2D eigenvalue weighted by molar-refractivity contribution is 0.194. The van der Waals surface area contributed by atoms with Crippen LogP contribution in [0, 0.1) is 5.41 Å². The third-order valence-corrected chi connectivity index (χ3v) is 4.55. The van der Waals surface area contributed by atoms with Crippen molar-refractivity contribution in [3.63, 3.8) is 0 Å². The van der Waals surface area contributed by atoms with Crippen LogP contribution in [-0.4, -0.2) is 10.8 Å². The molecule has 2 atom stereocenters. The van der Waals surface area contributed by atoms with Crippen molar-refractivity contribution < 1.29 is 0 Å². The van der Waals surface area contributed by atoms with Gasteiger partial charge < -0.3 is 0 Å². The molecule has 0 aromatic heterocycles. The van der Waals surface area contributed by atoms with E-state index in [4.69, 9.17) is 23.2 Å². The molecule has 0 nitrogen and oxygen atoms in total. The molecule has 90 valence electrons. The smallest absolute Gasteiger partial charge is 0.0355 e. The van der Waals surface area contributed by atoms with Crippen molar-refractivity contribution in [2.75, 3.05) is 0 Å². The average molecular weight is 251 g/mol. The van der Waals surface area contributed by atoms with Gasteiger partial charge in [-0.15, -0.1) is 23.2 Å². The molecule has 0 radical (unpaired) electrons. The highest BCUT2D eigenvalue weighted by Crippen LogP contribution is 2.41. The van der Waals surface area contributed by atoms with Crippen LogP contribution in [0.1, 0.15) is 65.2 Å². The van der Waals surface area contributed by atoms with Crippen LogP contribution in [0.3, 0.4) is 0 Å². The van der Waals surface area contributed by atoms with Crippen molar-refractivity contribution in [3.8, 4) is 0 Å². The second-order valence-electron chi connectivity index (χ2n) is 5.41. The SMILES string of the molecule is CCC(Cl)CC(Cl)CC1(C)CCCCC1. The summed E-state index contributed by atoms with van der Waals surface area (Å²) >= 11 is 12.5. The van der Waals surface area contributed by atoms with E-state index in [-0.39, 0.29) is 10.8 Å². The summed E-state index contributed by atoms with van der Waals surface area (Å²) in [5.74, 6) is 0. The minimum Gasteiger partial charge on any atom is -0.123 e. The molecule has 2 heteroatoms. The largest absolute Gasteiger partial charge is 0.123 e. The van der Waals surface area contributed by atoms with Gasteiger partial charge in [-0.25, -0.2) is 0 Å². The fraction of sp³-hybridized carbons (Fsp3) is 1.00. The molecule has 0 bridgehead atoms. The van der Waals surface area contributed by atoms with Crippen LogP contribution >= 0.6 is 23.2 Å². The normalized spacial score (nSPS) is 24.8. The first-order valence-electron chi connectivity index (χ1n) is 6.34. The topological polar surface area (TPSA) is 0 Å². The van der Waals surface area contributed by atoms with E-state index in [1.165, 1.54) is 32.1 Å². The molecule has 0 aromatic rings. The first kappa shape index (κ1) is 13.6. The molecule has 1 aliphatic rings. The first-order chi connectivity index (χ1) is 7.06. The molecule has 1 fully saturated rings. The van der Waals surface area contributed by atoms with Crippen LogP contribution in [0.25, 0.3) is 0 Å². The summed E-state index contributed by atoms with van der Waals surface area (Å²) in [7, 11) is 0. The Labute approximate surface area is 105 Å². The first-order valence-corrected chi connectivity index (χ1v) is 7.21. The van der Waals surface area contributed by atoms with Gasteiger partial charge in [0.05, 0.1) is 0 Å². The second kappa shape index (κ2) is 6.35. The fourth-order valence-electron chi connectivity index (χ4n) is 2.67. The lowest BCUT2D eigenvalue weighted by atomic mass is 9.72. The monoisotopic (exact) mass is 250 g/mol. The zero-order valence-electron chi connectivity index (χ0n) is 10.1. The summed E-state index contributed by atoms with van der Waals surface area (Å²) in [5.41, 5.74) is 0.495. The van der Waals surface area contributed by atoms with Crippen LogP contribution in [0.5, 0.6) is 0 Å². The van der Waals surface area contributed by atoms with Crippen molar-refractivity contribution in [1.82, 2.24) is 0 Å². The van der Waals surface area contributed by atoms with Crippen LogP contribution in [0.2, 0.25) is 0 Å². The van der Waals surface area contributed by atoms with Gasteiger partial charge in [0.1, 0.15) is 0 Å². The Morgan fingerprint density at radius 1 is 1.07 bits per heavy atom. The van der Waals surface area contributed by atoms with Gasteiger partial charge >= 0.3 is 0 Å². The molecule has 0 heterocycles. The number of hydrogen-bond acceptors (Lipinski definition) is 0. The fourth-order valence-corrected chi connectivity index (χ4v) is 3.57. The Hall–Kier alpha value is 0.580. The minimum absolute atomic E-state index is 0.264. The number of alkyl halides is 2. The third-order valence-electron chi connectivity index (χ3n) is 3.73. The van der Waals surface area contributed by atoms with Crippen molar-refractivity contribution in [1.29, 1.82) is 0 Å². The minimum atomic E-state index is 0.264. The molecule has 0 spiro atoms. The quantitative estimate of drug-likeness (QED) is 0.577. The lowest BCUT2D eigenvalue weighted by Gasteiger charge is -2.35. The van der Waals surface area contributed by atoms with E-state index in [9.17, 15) is 0 Å². The van der Waals surface area contributed by atoms with Gasteiger partial charge in [0.15, 0.2) is 0 Å². The van der Waals surface area contributed by atoms with E-state index in [1.807, 2.05) is 0 Å². The van der Waals surface area contributed by atoms with E-state index in [2.05, 4.69) is 13.8 Å².